The lowest BCUT2D eigenvalue weighted by Crippen LogP contribution is -2.37. The number of rotatable bonds is 5. The van der Waals surface area contributed by atoms with E-state index in [1.54, 1.807) is 14.0 Å². The predicted octanol–water partition coefficient (Wildman–Crippen LogP) is 1.81. The van der Waals surface area contributed by atoms with Gasteiger partial charge in [0.1, 0.15) is 5.75 Å². The molecule has 1 atom stereocenters. The van der Waals surface area contributed by atoms with Crippen molar-refractivity contribution in [3.63, 3.8) is 0 Å². The molecule has 1 aromatic carbocycles. The molecule has 5 nitrogen and oxygen atoms in total. The van der Waals surface area contributed by atoms with E-state index in [1.165, 1.54) is 0 Å². The maximum Gasteiger partial charge on any atom is 0.242 e. The molecule has 1 aromatic rings. The van der Waals surface area contributed by atoms with E-state index in [0.717, 1.165) is 37.2 Å². The largest absolute Gasteiger partial charge is 0.496 e. The van der Waals surface area contributed by atoms with Crippen LogP contribution < -0.4 is 9.64 Å². The summed E-state index contributed by atoms with van der Waals surface area (Å²) in [7, 11) is 3.45. The van der Waals surface area contributed by atoms with Crippen molar-refractivity contribution in [2.24, 2.45) is 0 Å². The number of aliphatic hydroxyl groups excluding tert-OH is 1. The molecule has 1 aliphatic heterocycles. The summed E-state index contributed by atoms with van der Waals surface area (Å²) in [5, 5.41) is 10.0. The van der Waals surface area contributed by atoms with Crippen LogP contribution in [0.5, 0.6) is 5.75 Å². The molecule has 5 heteroatoms. The highest BCUT2D eigenvalue weighted by Crippen LogP contribution is 2.34. The van der Waals surface area contributed by atoms with Crippen LogP contribution in [0.4, 0.5) is 5.69 Å². The number of likely N-dealkylation sites (tertiary alicyclic amines) is 1. The second-order valence-corrected chi connectivity index (χ2v) is 5.51. The molecule has 1 aliphatic rings. The van der Waals surface area contributed by atoms with E-state index in [4.69, 9.17) is 4.74 Å². The van der Waals surface area contributed by atoms with Crippen LogP contribution in [0, 0.1) is 0 Å². The molecule has 0 bridgehead atoms. The SMILES string of the molecule is COc1cccc(N(C)CC(=O)N2CCCC2)c1[C@H](C)O. The number of aliphatic hydroxyl groups is 1. The van der Waals surface area contributed by atoms with Crippen molar-refractivity contribution in [1.29, 1.82) is 0 Å². The summed E-state index contributed by atoms with van der Waals surface area (Å²) in [6.45, 7) is 3.73. The fraction of sp³-hybridized carbons (Fsp3) is 0.562. The number of carbonyl (C=O) groups is 1. The van der Waals surface area contributed by atoms with E-state index < -0.39 is 6.10 Å². The van der Waals surface area contributed by atoms with Gasteiger partial charge in [-0.15, -0.1) is 0 Å². The standard InChI is InChI=1S/C16H24N2O3/c1-12(19)16-13(7-6-8-14(16)21-3)17(2)11-15(20)18-9-4-5-10-18/h6-8,12,19H,4-5,9-11H2,1-3H3/t12-/m0/s1. The number of amides is 1. The summed E-state index contributed by atoms with van der Waals surface area (Å²) in [5.74, 6) is 0.775. The second kappa shape index (κ2) is 6.80. The predicted molar refractivity (Wildman–Crippen MR) is 82.7 cm³/mol. The van der Waals surface area contributed by atoms with E-state index in [1.807, 2.05) is 35.0 Å². The minimum atomic E-state index is -0.652. The van der Waals surface area contributed by atoms with Gasteiger partial charge in [-0.3, -0.25) is 4.79 Å². The van der Waals surface area contributed by atoms with E-state index in [-0.39, 0.29) is 5.91 Å². The molecule has 0 unspecified atom stereocenters. The number of anilines is 1. The van der Waals surface area contributed by atoms with Crippen LogP contribution in [0.25, 0.3) is 0 Å². The van der Waals surface area contributed by atoms with Gasteiger partial charge in [0.05, 0.1) is 19.8 Å². The van der Waals surface area contributed by atoms with E-state index in [9.17, 15) is 9.90 Å². The zero-order valence-electron chi connectivity index (χ0n) is 13.0. The topological polar surface area (TPSA) is 53.0 Å². The van der Waals surface area contributed by atoms with Crippen molar-refractivity contribution < 1.29 is 14.6 Å². The van der Waals surface area contributed by atoms with Crippen LogP contribution in [-0.4, -0.2) is 49.7 Å². The van der Waals surface area contributed by atoms with Crippen molar-refractivity contribution in [3.8, 4) is 5.75 Å². The minimum Gasteiger partial charge on any atom is -0.496 e. The maximum atomic E-state index is 12.3. The molecule has 0 aromatic heterocycles. The van der Waals surface area contributed by atoms with Gasteiger partial charge >= 0.3 is 0 Å². The Labute approximate surface area is 126 Å². The quantitative estimate of drug-likeness (QED) is 0.899. The molecule has 0 saturated carbocycles. The van der Waals surface area contributed by atoms with Gasteiger partial charge in [0, 0.05) is 31.4 Å². The second-order valence-electron chi connectivity index (χ2n) is 5.51. The Morgan fingerprint density at radius 2 is 2.10 bits per heavy atom. The third-order valence-corrected chi connectivity index (χ3v) is 3.92. The summed E-state index contributed by atoms with van der Waals surface area (Å²) < 4.78 is 5.32. The van der Waals surface area contributed by atoms with Crippen molar-refractivity contribution in [1.82, 2.24) is 4.90 Å². The smallest absolute Gasteiger partial charge is 0.242 e. The van der Waals surface area contributed by atoms with Crippen molar-refractivity contribution >= 4 is 11.6 Å². The van der Waals surface area contributed by atoms with Gasteiger partial charge in [-0.05, 0) is 31.9 Å². The molecular weight excluding hydrogens is 268 g/mol. The lowest BCUT2D eigenvalue weighted by atomic mass is 10.1. The summed E-state index contributed by atoms with van der Waals surface area (Å²) in [6, 6.07) is 5.60. The van der Waals surface area contributed by atoms with Crippen molar-refractivity contribution in [2.45, 2.75) is 25.9 Å². The van der Waals surface area contributed by atoms with E-state index >= 15 is 0 Å². The molecule has 0 radical (unpaired) electrons. The first-order valence-corrected chi connectivity index (χ1v) is 7.38. The summed E-state index contributed by atoms with van der Waals surface area (Å²) in [6.07, 6.45) is 1.53. The highest BCUT2D eigenvalue weighted by atomic mass is 16.5. The molecule has 21 heavy (non-hydrogen) atoms. The van der Waals surface area contributed by atoms with Gasteiger partial charge in [0.25, 0.3) is 0 Å². The molecule has 2 rings (SSSR count). The van der Waals surface area contributed by atoms with Crippen LogP contribution in [-0.2, 0) is 4.79 Å². The first-order valence-electron chi connectivity index (χ1n) is 7.38. The van der Waals surface area contributed by atoms with Crippen LogP contribution in [0.3, 0.4) is 0 Å². The van der Waals surface area contributed by atoms with Gasteiger partial charge in [-0.1, -0.05) is 6.07 Å². The fourth-order valence-electron chi connectivity index (χ4n) is 2.82. The average Bonchev–Trinajstić information content (AvgIpc) is 3.00. The number of ether oxygens (including phenoxy) is 1. The lowest BCUT2D eigenvalue weighted by molar-refractivity contribution is -0.128. The lowest BCUT2D eigenvalue weighted by Gasteiger charge is -2.26. The third-order valence-electron chi connectivity index (χ3n) is 3.92. The van der Waals surface area contributed by atoms with Gasteiger partial charge < -0.3 is 19.6 Å². The van der Waals surface area contributed by atoms with Gasteiger partial charge in [0.2, 0.25) is 5.91 Å². The monoisotopic (exact) mass is 292 g/mol. The molecule has 116 valence electrons. The summed E-state index contributed by atoms with van der Waals surface area (Å²) >= 11 is 0. The highest BCUT2D eigenvalue weighted by molar-refractivity contribution is 5.82. The zero-order chi connectivity index (χ0) is 15.4. The first-order chi connectivity index (χ1) is 10.0. The van der Waals surface area contributed by atoms with E-state index in [0.29, 0.717) is 12.3 Å². The fourth-order valence-corrected chi connectivity index (χ4v) is 2.82. The van der Waals surface area contributed by atoms with Crippen LogP contribution >= 0.6 is 0 Å². The van der Waals surface area contributed by atoms with Crippen molar-refractivity contribution in [2.75, 3.05) is 38.7 Å². The number of nitrogens with zero attached hydrogens (tertiary/aromatic N) is 2. The molecule has 0 aliphatic carbocycles. The normalized spacial score (nSPS) is 15.9. The number of likely N-dealkylation sites (N-methyl/N-ethyl adjacent to an activating group) is 1. The van der Waals surface area contributed by atoms with E-state index in [2.05, 4.69) is 0 Å². The first kappa shape index (κ1) is 15.6. The number of benzene rings is 1. The van der Waals surface area contributed by atoms with Crippen molar-refractivity contribution in [3.05, 3.63) is 23.8 Å². The third kappa shape index (κ3) is 3.47. The van der Waals surface area contributed by atoms with Crippen LogP contribution in [0.15, 0.2) is 18.2 Å². The van der Waals surface area contributed by atoms with Gasteiger partial charge in [-0.25, -0.2) is 0 Å². The Bertz CT molecular complexity index is 496. The molecule has 1 heterocycles. The van der Waals surface area contributed by atoms with Crippen LogP contribution in [0.1, 0.15) is 31.4 Å². The Morgan fingerprint density at radius 3 is 2.67 bits per heavy atom. The minimum absolute atomic E-state index is 0.134. The number of carbonyl (C=O) groups excluding carboxylic acids is 1. The Kier molecular flexibility index (Phi) is 5.07. The Hall–Kier alpha value is -1.75. The summed E-state index contributed by atoms with van der Waals surface area (Å²) in [5.41, 5.74) is 1.55. The highest BCUT2D eigenvalue weighted by Gasteiger charge is 2.22. The number of methoxy groups -OCH3 is 1. The molecular formula is C16H24N2O3. The molecule has 1 fully saturated rings. The average molecular weight is 292 g/mol. The van der Waals surface area contributed by atoms with Crippen LogP contribution in [0.2, 0.25) is 0 Å². The zero-order valence-corrected chi connectivity index (χ0v) is 13.0. The molecule has 1 N–H and O–H groups in total. The maximum absolute atomic E-state index is 12.3. The van der Waals surface area contributed by atoms with Gasteiger partial charge in [-0.2, -0.15) is 0 Å². The molecule has 1 saturated heterocycles. The summed E-state index contributed by atoms with van der Waals surface area (Å²) in [4.78, 5) is 16.0. The molecule has 0 spiro atoms. The Morgan fingerprint density at radius 1 is 1.43 bits per heavy atom. The molecule has 1 amide bonds. The van der Waals surface area contributed by atoms with Gasteiger partial charge in [0.15, 0.2) is 0 Å². The number of hydrogen-bond acceptors (Lipinski definition) is 4. The Balaban J connectivity index is 2.18. The number of hydrogen-bond donors (Lipinski definition) is 1.